The molecule has 0 aliphatic heterocycles. The quantitative estimate of drug-likeness (QED) is 0.468. The molecule has 1 heterocycles. The summed E-state index contributed by atoms with van der Waals surface area (Å²) in [6.45, 7) is 0. The molecule has 0 aliphatic carbocycles. The van der Waals surface area contributed by atoms with Crippen molar-refractivity contribution >= 4 is 28.9 Å². The van der Waals surface area contributed by atoms with Gasteiger partial charge in [-0.1, -0.05) is 0 Å². The molecule has 0 N–H and O–H groups in total. The molecule has 17 heavy (non-hydrogen) atoms. The maximum absolute atomic E-state index is 12.3. The van der Waals surface area contributed by atoms with E-state index in [1.165, 1.54) is 22.6 Å². The second kappa shape index (κ2) is 5.10. The summed E-state index contributed by atoms with van der Waals surface area (Å²) in [6.07, 6.45) is -8.08. The molecule has 0 spiro atoms. The van der Waals surface area contributed by atoms with E-state index in [2.05, 4.69) is 9.72 Å². The van der Waals surface area contributed by atoms with Crippen LogP contribution >= 0.6 is 22.6 Å². The molecular formula is C8H3F5INO2. The van der Waals surface area contributed by atoms with Crippen LogP contribution in [0.5, 0.6) is 5.75 Å². The lowest BCUT2D eigenvalue weighted by Gasteiger charge is -2.12. The van der Waals surface area contributed by atoms with Crippen molar-refractivity contribution in [3.05, 3.63) is 21.0 Å². The van der Waals surface area contributed by atoms with Gasteiger partial charge in [-0.25, -0.2) is 13.8 Å². The van der Waals surface area contributed by atoms with Crippen LogP contribution in [0.25, 0.3) is 0 Å². The highest BCUT2D eigenvalue weighted by Gasteiger charge is 2.34. The lowest BCUT2D eigenvalue weighted by molar-refractivity contribution is -0.275. The maximum Gasteiger partial charge on any atom is 0.573 e. The SMILES string of the molecule is O=Cc1nc(C(F)F)cc(I)c1OC(F)(F)F. The van der Waals surface area contributed by atoms with Crippen molar-refractivity contribution < 1.29 is 31.5 Å². The average Bonchev–Trinajstić information content (AvgIpc) is 2.18. The number of hydrogen-bond acceptors (Lipinski definition) is 3. The first-order valence-electron chi connectivity index (χ1n) is 3.94. The van der Waals surface area contributed by atoms with Crippen LogP contribution in [0.3, 0.4) is 0 Å². The molecule has 0 radical (unpaired) electrons. The van der Waals surface area contributed by atoms with Gasteiger partial charge in [-0.05, 0) is 28.7 Å². The summed E-state index contributed by atoms with van der Waals surface area (Å²) in [5.41, 5.74) is -1.60. The summed E-state index contributed by atoms with van der Waals surface area (Å²) < 4.78 is 63.8. The Morgan fingerprint density at radius 3 is 2.41 bits per heavy atom. The van der Waals surface area contributed by atoms with Gasteiger partial charge in [-0.2, -0.15) is 0 Å². The average molecular weight is 367 g/mol. The Morgan fingerprint density at radius 2 is 2.00 bits per heavy atom. The van der Waals surface area contributed by atoms with Gasteiger partial charge in [0.2, 0.25) is 0 Å². The molecule has 0 saturated heterocycles. The Hall–Kier alpha value is -1.00. The molecule has 9 heteroatoms. The van der Waals surface area contributed by atoms with E-state index in [1.807, 2.05) is 0 Å². The van der Waals surface area contributed by atoms with Gasteiger partial charge in [-0.3, -0.25) is 4.79 Å². The molecule has 0 fully saturated rings. The van der Waals surface area contributed by atoms with Crippen LogP contribution in [0.4, 0.5) is 22.0 Å². The zero-order valence-electron chi connectivity index (χ0n) is 7.76. The Labute approximate surface area is 105 Å². The number of nitrogens with zero attached hydrogens (tertiary/aromatic N) is 1. The van der Waals surface area contributed by atoms with Crippen molar-refractivity contribution in [1.29, 1.82) is 0 Å². The number of rotatable bonds is 3. The third-order valence-corrected chi connectivity index (χ3v) is 2.33. The molecule has 3 nitrogen and oxygen atoms in total. The summed E-state index contributed by atoms with van der Waals surface area (Å²) >= 11 is 1.35. The first-order valence-corrected chi connectivity index (χ1v) is 5.02. The maximum atomic E-state index is 12.3. The highest BCUT2D eigenvalue weighted by atomic mass is 127. The highest BCUT2D eigenvalue weighted by molar-refractivity contribution is 14.1. The molecule has 0 saturated carbocycles. The van der Waals surface area contributed by atoms with Crippen molar-refractivity contribution in [1.82, 2.24) is 4.98 Å². The second-order valence-electron chi connectivity index (χ2n) is 2.71. The third kappa shape index (κ3) is 3.75. The topological polar surface area (TPSA) is 39.2 Å². The number of hydrogen-bond donors (Lipinski definition) is 0. The molecule has 0 unspecified atom stereocenters. The van der Waals surface area contributed by atoms with E-state index in [0.717, 1.165) is 6.07 Å². The molecule has 94 valence electrons. The van der Waals surface area contributed by atoms with Gasteiger partial charge < -0.3 is 4.74 Å². The Balaban J connectivity index is 3.26. The van der Waals surface area contributed by atoms with Gasteiger partial charge >= 0.3 is 6.36 Å². The monoisotopic (exact) mass is 367 g/mol. The zero-order valence-corrected chi connectivity index (χ0v) is 9.92. The van der Waals surface area contributed by atoms with Crippen molar-refractivity contribution in [2.45, 2.75) is 12.8 Å². The Bertz CT molecular complexity index is 435. The Morgan fingerprint density at radius 1 is 1.41 bits per heavy atom. The lowest BCUT2D eigenvalue weighted by atomic mass is 10.3. The summed E-state index contributed by atoms with van der Waals surface area (Å²) in [7, 11) is 0. The number of halogens is 6. The summed E-state index contributed by atoms with van der Waals surface area (Å²) in [4.78, 5) is 13.6. The van der Waals surface area contributed by atoms with Gasteiger partial charge in [-0.15, -0.1) is 13.2 Å². The largest absolute Gasteiger partial charge is 0.573 e. The second-order valence-corrected chi connectivity index (χ2v) is 3.87. The third-order valence-electron chi connectivity index (χ3n) is 1.53. The minimum Gasteiger partial charge on any atom is -0.402 e. The van der Waals surface area contributed by atoms with Gasteiger partial charge in [0.05, 0.1) is 3.57 Å². The van der Waals surface area contributed by atoms with Crippen molar-refractivity contribution in [3.63, 3.8) is 0 Å². The van der Waals surface area contributed by atoms with Crippen LogP contribution in [0.2, 0.25) is 0 Å². The standard InChI is InChI=1S/C8H3F5INO2/c9-7(10)4-1-3(14)6(5(2-16)15-4)17-8(11,12)13/h1-2,7H. The molecule has 0 bridgehead atoms. The number of ether oxygens (including phenoxy) is 1. The molecule has 0 aromatic carbocycles. The van der Waals surface area contributed by atoms with E-state index in [-0.39, 0.29) is 9.86 Å². The number of aldehydes is 1. The summed E-state index contributed by atoms with van der Waals surface area (Å²) in [5.74, 6) is -0.877. The number of alkyl halides is 5. The molecular weight excluding hydrogens is 364 g/mol. The first kappa shape index (κ1) is 14.1. The number of carbonyl (C=O) groups excluding carboxylic acids is 1. The van der Waals surface area contributed by atoms with Crippen LogP contribution in [-0.4, -0.2) is 17.6 Å². The molecule has 1 aromatic heterocycles. The predicted molar refractivity (Wildman–Crippen MR) is 54.0 cm³/mol. The van der Waals surface area contributed by atoms with Crippen LogP contribution in [-0.2, 0) is 0 Å². The molecule has 0 atom stereocenters. The van der Waals surface area contributed by atoms with Crippen LogP contribution in [0.15, 0.2) is 6.07 Å². The number of pyridine rings is 1. The number of carbonyl (C=O) groups is 1. The molecule has 0 aliphatic rings. The van der Waals surface area contributed by atoms with Crippen molar-refractivity contribution in [2.24, 2.45) is 0 Å². The fraction of sp³-hybridized carbons (Fsp3) is 0.250. The van der Waals surface area contributed by atoms with Crippen LogP contribution < -0.4 is 4.74 Å². The highest BCUT2D eigenvalue weighted by Crippen LogP contribution is 2.32. The fourth-order valence-corrected chi connectivity index (χ4v) is 1.65. The van der Waals surface area contributed by atoms with E-state index in [9.17, 15) is 26.7 Å². The molecule has 0 amide bonds. The fourth-order valence-electron chi connectivity index (χ4n) is 0.948. The minimum atomic E-state index is -5.02. The molecule has 1 aromatic rings. The van der Waals surface area contributed by atoms with E-state index in [4.69, 9.17) is 0 Å². The van der Waals surface area contributed by atoms with Crippen molar-refractivity contribution in [2.75, 3.05) is 0 Å². The number of aromatic nitrogens is 1. The first-order chi connectivity index (χ1) is 7.74. The van der Waals surface area contributed by atoms with E-state index >= 15 is 0 Å². The van der Waals surface area contributed by atoms with E-state index in [0.29, 0.717) is 0 Å². The lowest BCUT2D eigenvalue weighted by Crippen LogP contribution is -2.19. The van der Waals surface area contributed by atoms with Crippen LogP contribution in [0.1, 0.15) is 22.6 Å². The predicted octanol–water partition coefficient (Wildman–Crippen LogP) is 3.33. The zero-order chi connectivity index (χ0) is 13.2. The smallest absolute Gasteiger partial charge is 0.402 e. The minimum absolute atomic E-state index is 0.0743. The normalized spacial score (nSPS) is 11.7. The van der Waals surface area contributed by atoms with Gasteiger partial charge in [0.15, 0.2) is 12.0 Å². The van der Waals surface area contributed by atoms with E-state index in [1.54, 1.807) is 0 Å². The Kier molecular flexibility index (Phi) is 4.22. The van der Waals surface area contributed by atoms with E-state index < -0.39 is 29.9 Å². The van der Waals surface area contributed by atoms with Gasteiger partial charge in [0, 0.05) is 0 Å². The van der Waals surface area contributed by atoms with Crippen LogP contribution in [0, 0.1) is 3.57 Å². The van der Waals surface area contributed by atoms with Crippen molar-refractivity contribution in [3.8, 4) is 5.75 Å². The van der Waals surface area contributed by atoms with Gasteiger partial charge in [0.25, 0.3) is 6.43 Å². The summed E-state index contributed by atoms with van der Waals surface area (Å²) in [5, 5.41) is 0. The summed E-state index contributed by atoms with van der Waals surface area (Å²) in [6, 6.07) is 0.722. The van der Waals surface area contributed by atoms with Gasteiger partial charge in [0.1, 0.15) is 11.4 Å². The molecule has 1 rings (SSSR count).